The minimum Gasteiger partial charge on any atom is -0.396 e. The molecule has 0 spiro atoms. The third-order valence-corrected chi connectivity index (χ3v) is 3.56. The molecule has 3 heteroatoms. The summed E-state index contributed by atoms with van der Waals surface area (Å²) in [6.07, 6.45) is 2.73. The minimum atomic E-state index is 0.319. The SMILES string of the molecule is CC(CO)CN1CC2CCCNC2C1. The van der Waals surface area contributed by atoms with Gasteiger partial charge < -0.3 is 15.3 Å². The van der Waals surface area contributed by atoms with Gasteiger partial charge >= 0.3 is 0 Å². The molecule has 0 aromatic carbocycles. The first-order valence-electron chi connectivity index (χ1n) is 5.86. The van der Waals surface area contributed by atoms with Crippen LogP contribution in [-0.2, 0) is 0 Å². The summed E-state index contributed by atoms with van der Waals surface area (Å²) in [6.45, 7) is 7.13. The smallest absolute Gasteiger partial charge is 0.0468 e. The van der Waals surface area contributed by atoms with Gasteiger partial charge in [-0.3, -0.25) is 0 Å². The van der Waals surface area contributed by atoms with Crippen LogP contribution in [0.1, 0.15) is 19.8 Å². The number of likely N-dealkylation sites (tertiary alicyclic amines) is 1. The standard InChI is InChI=1S/C11H22N2O/c1-9(8-14)5-13-6-10-3-2-4-12-11(10)7-13/h9-12,14H,2-8H2,1H3. The van der Waals surface area contributed by atoms with Gasteiger partial charge in [-0.2, -0.15) is 0 Å². The average Bonchev–Trinajstić information content (AvgIpc) is 2.59. The average molecular weight is 198 g/mol. The molecule has 2 saturated heterocycles. The Kier molecular flexibility index (Phi) is 3.42. The molecule has 0 amide bonds. The Morgan fingerprint density at radius 2 is 2.36 bits per heavy atom. The molecule has 2 rings (SSSR count). The number of nitrogens with one attached hydrogen (secondary N) is 1. The van der Waals surface area contributed by atoms with E-state index in [0.717, 1.165) is 18.5 Å². The third-order valence-electron chi connectivity index (χ3n) is 3.56. The predicted octanol–water partition coefficient (Wildman–Crippen LogP) is 0.299. The Balaban J connectivity index is 1.80. The van der Waals surface area contributed by atoms with Crippen molar-refractivity contribution in [3.05, 3.63) is 0 Å². The van der Waals surface area contributed by atoms with Crippen molar-refractivity contribution in [3.63, 3.8) is 0 Å². The van der Waals surface area contributed by atoms with Crippen LogP contribution in [0.5, 0.6) is 0 Å². The van der Waals surface area contributed by atoms with E-state index in [2.05, 4.69) is 17.1 Å². The van der Waals surface area contributed by atoms with Crippen LogP contribution >= 0.6 is 0 Å². The molecule has 82 valence electrons. The number of aliphatic hydroxyl groups is 1. The van der Waals surface area contributed by atoms with E-state index >= 15 is 0 Å². The lowest BCUT2D eigenvalue weighted by atomic mass is 9.94. The Hall–Kier alpha value is -0.120. The number of rotatable bonds is 3. The van der Waals surface area contributed by atoms with E-state index in [-0.39, 0.29) is 0 Å². The monoisotopic (exact) mass is 198 g/mol. The molecule has 3 nitrogen and oxygen atoms in total. The topological polar surface area (TPSA) is 35.5 Å². The van der Waals surface area contributed by atoms with Crippen molar-refractivity contribution in [2.75, 3.05) is 32.8 Å². The summed E-state index contributed by atoms with van der Waals surface area (Å²) in [7, 11) is 0. The zero-order chi connectivity index (χ0) is 9.97. The molecule has 0 bridgehead atoms. The number of hydrogen-bond donors (Lipinski definition) is 2. The Morgan fingerprint density at radius 3 is 3.07 bits per heavy atom. The van der Waals surface area contributed by atoms with Gasteiger partial charge in [0, 0.05) is 32.3 Å². The molecule has 2 aliphatic rings. The highest BCUT2D eigenvalue weighted by molar-refractivity contribution is 4.91. The van der Waals surface area contributed by atoms with Crippen LogP contribution in [0.4, 0.5) is 0 Å². The van der Waals surface area contributed by atoms with E-state index in [4.69, 9.17) is 5.11 Å². The van der Waals surface area contributed by atoms with E-state index in [1.807, 2.05) is 0 Å². The summed E-state index contributed by atoms with van der Waals surface area (Å²) in [4.78, 5) is 2.51. The number of piperidine rings is 1. The summed E-state index contributed by atoms with van der Waals surface area (Å²) >= 11 is 0. The first kappa shape index (κ1) is 10.4. The summed E-state index contributed by atoms with van der Waals surface area (Å²) < 4.78 is 0. The maximum absolute atomic E-state index is 9.01. The van der Waals surface area contributed by atoms with Crippen LogP contribution in [0.2, 0.25) is 0 Å². The van der Waals surface area contributed by atoms with Gasteiger partial charge in [0.05, 0.1) is 0 Å². The van der Waals surface area contributed by atoms with Crippen LogP contribution in [0.25, 0.3) is 0 Å². The van der Waals surface area contributed by atoms with Gasteiger partial charge in [-0.25, -0.2) is 0 Å². The lowest BCUT2D eigenvalue weighted by Gasteiger charge is -2.24. The van der Waals surface area contributed by atoms with E-state index in [9.17, 15) is 0 Å². The fourth-order valence-electron chi connectivity index (χ4n) is 2.78. The second-order valence-corrected chi connectivity index (χ2v) is 4.97. The van der Waals surface area contributed by atoms with Crippen molar-refractivity contribution in [1.82, 2.24) is 10.2 Å². The minimum absolute atomic E-state index is 0.319. The van der Waals surface area contributed by atoms with Crippen molar-refractivity contribution in [2.24, 2.45) is 11.8 Å². The van der Waals surface area contributed by atoms with Crippen LogP contribution < -0.4 is 5.32 Å². The van der Waals surface area contributed by atoms with E-state index in [1.54, 1.807) is 0 Å². The van der Waals surface area contributed by atoms with Gasteiger partial charge in [-0.1, -0.05) is 6.92 Å². The molecule has 2 heterocycles. The molecule has 2 aliphatic heterocycles. The zero-order valence-electron chi connectivity index (χ0n) is 9.08. The van der Waals surface area contributed by atoms with Crippen molar-refractivity contribution >= 4 is 0 Å². The van der Waals surface area contributed by atoms with Crippen molar-refractivity contribution in [2.45, 2.75) is 25.8 Å². The van der Waals surface area contributed by atoms with Gasteiger partial charge in [0.1, 0.15) is 0 Å². The van der Waals surface area contributed by atoms with Crippen LogP contribution in [0.3, 0.4) is 0 Å². The van der Waals surface area contributed by atoms with E-state index in [0.29, 0.717) is 12.5 Å². The Labute approximate surface area is 86.5 Å². The highest BCUT2D eigenvalue weighted by atomic mass is 16.3. The van der Waals surface area contributed by atoms with E-state index in [1.165, 1.54) is 32.5 Å². The van der Waals surface area contributed by atoms with Crippen molar-refractivity contribution in [3.8, 4) is 0 Å². The second-order valence-electron chi connectivity index (χ2n) is 4.97. The predicted molar refractivity (Wildman–Crippen MR) is 57.2 cm³/mol. The maximum Gasteiger partial charge on any atom is 0.0468 e. The van der Waals surface area contributed by atoms with E-state index < -0.39 is 0 Å². The van der Waals surface area contributed by atoms with Crippen LogP contribution in [0.15, 0.2) is 0 Å². The fraction of sp³-hybridized carbons (Fsp3) is 1.00. The van der Waals surface area contributed by atoms with Gasteiger partial charge in [0.15, 0.2) is 0 Å². The Morgan fingerprint density at radius 1 is 1.50 bits per heavy atom. The molecule has 2 fully saturated rings. The zero-order valence-corrected chi connectivity index (χ0v) is 9.08. The molecule has 0 saturated carbocycles. The first-order chi connectivity index (χ1) is 6.79. The van der Waals surface area contributed by atoms with Gasteiger partial charge in [0.2, 0.25) is 0 Å². The summed E-state index contributed by atoms with van der Waals surface area (Å²) in [5.74, 6) is 1.30. The molecule has 3 unspecified atom stereocenters. The molecular formula is C11H22N2O. The number of aliphatic hydroxyl groups excluding tert-OH is 1. The molecule has 0 aromatic heterocycles. The Bertz CT molecular complexity index is 172. The number of nitrogens with zero attached hydrogens (tertiary/aromatic N) is 1. The summed E-state index contributed by atoms with van der Waals surface area (Å²) in [6, 6.07) is 0.731. The van der Waals surface area contributed by atoms with Gasteiger partial charge in [-0.15, -0.1) is 0 Å². The van der Waals surface area contributed by atoms with Gasteiger partial charge in [0.25, 0.3) is 0 Å². The lowest BCUT2D eigenvalue weighted by Crippen LogP contribution is -2.40. The second kappa shape index (κ2) is 4.60. The summed E-state index contributed by atoms with van der Waals surface area (Å²) in [5, 5.41) is 12.6. The highest BCUT2D eigenvalue weighted by Crippen LogP contribution is 2.25. The maximum atomic E-state index is 9.01. The number of hydrogen-bond acceptors (Lipinski definition) is 3. The third kappa shape index (κ3) is 2.27. The van der Waals surface area contributed by atoms with Gasteiger partial charge in [-0.05, 0) is 31.2 Å². The highest BCUT2D eigenvalue weighted by Gasteiger charge is 2.34. The summed E-state index contributed by atoms with van der Waals surface area (Å²) in [5.41, 5.74) is 0. The normalized spacial score (nSPS) is 35.6. The van der Waals surface area contributed by atoms with Crippen molar-refractivity contribution < 1.29 is 5.11 Å². The molecule has 0 aliphatic carbocycles. The molecule has 0 aromatic rings. The molecule has 0 radical (unpaired) electrons. The molecule has 14 heavy (non-hydrogen) atoms. The van der Waals surface area contributed by atoms with Crippen LogP contribution in [0, 0.1) is 11.8 Å². The number of fused-ring (bicyclic) bond motifs is 1. The molecule has 2 N–H and O–H groups in total. The quantitative estimate of drug-likeness (QED) is 0.684. The largest absolute Gasteiger partial charge is 0.396 e. The fourth-order valence-corrected chi connectivity index (χ4v) is 2.78. The molecule has 3 atom stereocenters. The molecular weight excluding hydrogens is 176 g/mol. The first-order valence-corrected chi connectivity index (χ1v) is 5.86. The lowest BCUT2D eigenvalue weighted by molar-refractivity contribution is 0.187. The van der Waals surface area contributed by atoms with Crippen LogP contribution in [-0.4, -0.2) is 48.8 Å². The van der Waals surface area contributed by atoms with Crippen molar-refractivity contribution in [1.29, 1.82) is 0 Å².